The Labute approximate surface area is 144 Å². The van der Waals surface area contributed by atoms with E-state index in [9.17, 15) is 4.79 Å². The van der Waals surface area contributed by atoms with E-state index in [1.54, 1.807) is 17.0 Å². The Bertz CT molecular complexity index is 622. The van der Waals surface area contributed by atoms with Crippen molar-refractivity contribution in [3.8, 4) is 0 Å². The molecule has 1 aromatic heterocycles. The van der Waals surface area contributed by atoms with Crippen LogP contribution in [-0.4, -0.2) is 23.9 Å². The van der Waals surface area contributed by atoms with E-state index in [0.29, 0.717) is 18.1 Å². The smallest absolute Gasteiger partial charge is 0.289 e. The minimum Gasteiger partial charge on any atom is -0.455 e. The first-order valence-electron chi connectivity index (χ1n) is 7.66. The number of aryl methyl sites for hydroxylation is 1. The minimum atomic E-state index is -0.0985. The molecule has 0 aliphatic heterocycles. The first-order valence-corrected chi connectivity index (χ1v) is 7.66. The highest BCUT2D eigenvalue weighted by atomic mass is 35.5. The fraction of sp³-hybridized carbons (Fsp3) is 0.389. The molecule has 5 heteroatoms. The van der Waals surface area contributed by atoms with Crippen LogP contribution in [0.5, 0.6) is 0 Å². The summed E-state index contributed by atoms with van der Waals surface area (Å²) in [6.07, 6.45) is 1.73. The number of hydrogen-bond acceptors (Lipinski definition) is 3. The highest BCUT2D eigenvalue weighted by Crippen LogP contribution is 2.16. The van der Waals surface area contributed by atoms with E-state index in [-0.39, 0.29) is 24.4 Å². The molecule has 1 heterocycles. The molecule has 2 N–H and O–H groups in total. The zero-order valence-corrected chi connectivity index (χ0v) is 14.7. The third-order valence-electron chi connectivity index (χ3n) is 4.00. The first-order chi connectivity index (χ1) is 10.5. The molecular weight excluding hydrogens is 312 g/mol. The van der Waals surface area contributed by atoms with Gasteiger partial charge in [0.1, 0.15) is 5.76 Å². The van der Waals surface area contributed by atoms with Crippen LogP contribution < -0.4 is 5.73 Å². The summed E-state index contributed by atoms with van der Waals surface area (Å²) in [6.45, 7) is 4.47. The van der Waals surface area contributed by atoms with Gasteiger partial charge in [0.05, 0.1) is 6.54 Å². The zero-order valence-electron chi connectivity index (χ0n) is 13.9. The van der Waals surface area contributed by atoms with E-state index < -0.39 is 0 Å². The summed E-state index contributed by atoms with van der Waals surface area (Å²) in [6, 6.07) is 12.0. The Morgan fingerprint density at radius 2 is 1.87 bits per heavy atom. The number of nitrogens with two attached hydrogens (primary N) is 1. The Balaban J connectivity index is 0.00000264. The van der Waals surface area contributed by atoms with Crippen LogP contribution in [0.2, 0.25) is 0 Å². The van der Waals surface area contributed by atoms with Gasteiger partial charge < -0.3 is 15.1 Å². The van der Waals surface area contributed by atoms with Gasteiger partial charge >= 0.3 is 0 Å². The Hall–Kier alpha value is -1.78. The summed E-state index contributed by atoms with van der Waals surface area (Å²) in [4.78, 5) is 14.3. The monoisotopic (exact) mass is 336 g/mol. The van der Waals surface area contributed by atoms with Crippen molar-refractivity contribution in [2.45, 2.75) is 39.3 Å². The normalized spacial score (nSPS) is 11.7. The molecule has 1 amide bonds. The standard InChI is InChI=1S/C18H24N2O2.ClH/c1-4-15(11-14-7-5-13(2)6-8-14)20(3)18(21)17-10-9-16(12-19)22-17;/h5-10,15H,4,11-12,19H2,1-3H3;1H. The van der Waals surface area contributed by atoms with E-state index in [4.69, 9.17) is 10.2 Å². The van der Waals surface area contributed by atoms with Crippen LogP contribution in [0.4, 0.5) is 0 Å². The molecule has 1 unspecified atom stereocenters. The van der Waals surface area contributed by atoms with Gasteiger partial charge in [-0.1, -0.05) is 36.8 Å². The Morgan fingerprint density at radius 3 is 2.39 bits per heavy atom. The van der Waals surface area contributed by atoms with Crippen LogP contribution in [0.1, 0.15) is 40.8 Å². The molecule has 0 saturated carbocycles. The van der Waals surface area contributed by atoms with E-state index in [1.807, 2.05) is 7.05 Å². The number of nitrogens with zero attached hydrogens (tertiary/aromatic N) is 1. The van der Waals surface area contributed by atoms with Gasteiger partial charge in [-0.25, -0.2) is 0 Å². The summed E-state index contributed by atoms with van der Waals surface area (Å²) in [5.41, 5.74) is 8.00. The number of likely N-dealkylation sites (N-methyl/N-ethyl adjacent to an activating group) is 1. The topological polar surface area (TPSA) is 59.5 Å². The first kappa shape index (κ1) is 19.3. The third kappa shape index (κ3) is 4.85. The van der Waals surface area contributed by atoms with Gasteiger partial charge in [-0.2, -0.15) is 0 Å². The summed E-state index contributed by atoms with van der Waals surface area (Å²) in [7, 11) is 1.83. The van der Waals surface area contributed by atoms with Gasteiger partial charge in [0, 0.05) is 13.1 Å². The molecule has 2 rings (SSSR count). The van der Waals surface area contributed by atoms with Gasteiger partial charge in [0.2, 0.25) is 0 Å². The second-order valence-corrected chi connectivity index (χ2v) is 5.64. The molecule has 23 heavy (non-hydrogen) atoms. The van der Waals surface area contributed by atoms with Crippen LogP contribution in [0, 0.1) is 6.92 Å². The van der Waals surface area contributed by atoms with Gasteiger partial charge in [0.15, 0.2) is 5.76 Å². The lowest BCUT2D eigenvalue weighted by Crippen LogP contribution is -2.38. The number of carbonyl (C=O) groups excluding carboxylic acids is 1. The molecule has 1 aromatic carbocycles. The van der Waals surface area contributed by atoms with Crippen LogP contribution in [0.15, 0.2) is 40.8 Å². The lowest BCUT2D eigenvalue weighted by Gasteiger charge is -2.26. The summed E-state index contributed by atoms with van der Waals surface area (Å²) in [5, 5.41) is 0. The second kappa shape index (κ2) is 8.75. The van der Waals surface area contributed by atoms with Gasteiger partial charge in [-0.05, 0) is 37.5 Å². The van der Waals surface area contributed by atoms with E-state index >= 15 is 0 Å². The number of furan rings is 1. The summed E-state index contributed by atoms with van der Waals surface area (Å²) in [5.74, 6) is 0.882. The number of halogens is 1. The van der Waals surface area contributed by atoms with Crippen LogP contribution in [0.25, 0.3) is 0 Å². The second-order valence-electron chi connectivity index (χ2n) is 5.64. The van der Waals surface area contributed by atoms with Crippen molar-refractivity contribution in [2.75, 3.05) is 7.05 Å². The van der Waals surface area contributed by atoms with Crippen molar-refractivity contribution in [1.29, 1.82) is 0 Å². The molecular formula is C18H25ClN2O2. The lowest BCUT2D eigenvalue weighted by atomic mass is 10.0. The van der Waals surface area contributed by atoms with Crippen molar-refractivity contribution in [2.24, 2.45) is 5.73 Å². The van der Waals surface area contributed by atoms with Crippen molar-refractivity contribution >= 4 is 18.3 Å². The maximum atomic E-state index is 12.5. The highest BCUT2D eigenvalue weighted by Gasteiger charge is 2.22. The fourth-order valence-corrected chi connectivity index (χ4v) is 2.49. The van der Waals surface area contributed by atoms with Crippen LogP contribution >= 0.6 is 12.4 Å². The lowest BCUT2D eigenvalue weighted by molar-refractivity contribution is 0.0693. The minimum absolute atomic E-state index is 0. The molecule has 0 radical (unpaired) electrons. The largest absolute Gasteiger partial charge is 0.455 e. The predicted octanol–water partition coefficient (Wildman–Crippen LogP) is 3.56. The molecule has 2 aromatic rings. The van der Waals surface area contributed by atoms with E-state index in [1.165, 1.54) is 11.1 Å². The van der Waals surface area contributed by atoms with Crippen molar-refractivity contribution in [3.05, 3.63) is 59.0 Å². The van der Waals surface area contributed by atoms with Gasteiger partial charge in [-0.3, -0.25) is 4.79 Å². The Kier molecular flexibility index (Phi) is 7.33. The SMILES string of the molecule is CCC(Cc1ccc(C)cc1)N(C)C(=O)c1ccc(CN)o1.Cl. The number of rotatable bonds is 6. The molecule has 0 aliphatic carbocycles. The summed E-state index contributed by atoms with van der Waals surface area (Å²) < 4.78 is 5.46. The molecule has 0 fully saturated rings. The molecule has 1 atom stereocenters. The van der Waals surface area contributed by atoms with Gasteiger partial charge in [-0.15, -0.1) is 12.4 Å². The van der Waals surface area contributed by atoms with Crippen molar-refractivity contribution < 1.29 is 9.21 Å². The number of benzene rings is 1. The van der Waals surface area contributed by atoms with Crippen LogP contribution in [0.3, 0.4) is 0 Å². The van der Waals surface area contributed by atoms with Crippen LogP contribution in [-0.2, 0) is 13.0 Å². The van der Waals surface area contributed by atoms with Crippen molar-refractivity contribution in [1.82, 2.24) is 4.90 Å². The molecule has 0 aliphatic rings. The third-order valence-corrected chi connectivity index (χ3v) is 4.00. The van der Waals surface area contributed by atoms with E-state index in [2.05, 4.69) is 38.1 Å². The quantitative estimate of drug-likeness (QED) is 0.877. The van der Waals surface area contributed by atoms with Gasteiger partial charge in [0.25, 0.3) is 5.91 Å². The molecule has 4 nitrogen and oxygen atoms in total. The average molecular weight is 337 g/mol. The Morgan fingerprint density at radius 1 is 1.22 bits per heavy atom. The van der Waals surface area contributed by atoms with E-state index in [0.717, 1.165) is 12.8 Å². The number of amides is 1. The maximum Gasteiger partial charge on any atom is 0.289 e. The summed E-state index contributed by atoms with van der Waals surface area (Å²) >= 11 is 0. The average Bonchev–Trinajstić information content (AvgIpc) is 3.02. The maximum absolute atomic E-state index is 12.5. The number of carbonyl (C=O) groups is 1. The molecule has 0 spiro atoms. The highest BCUT2D eigenvalue weighted by molar-refractivity contribution is 5.91. The fourth-order valence-electron chi connectivity index (χ4n) is 2.49. The zero-order chi connectivity index (χ0) is 16.1. The van der Waals surface area contributed by atoms with Crippen molar-refractivity contribution in [3.63, 3.8) is 0 Å². The molecule has 0 bridgehead atoms. The predicted molar refractivity (Wildman–Crippen MR) is 94.9 cm³/mol. The number of hydrogen-bond donors (Lipinski definition) is 1. The molecule has 126 valence electrons. The molecule has 0 saturated heterocycles.